The van der Waals surface area contributed by atoms with E-state index in [0.29, 0.717) is 18.5 Å². The molecule has 1 aromatic rings. The Bertz CT molecular complexity index is 598. The van der Waals surface area contributed by atoms with Crippen LogP contribution in [-0.2, 0) is 0 Å². The monoisotopic (exact) mass is 332 g/mol. The molecule has 0 aromatic heterocycles. The molecule has 1 aromatic carbocycles. The number of benzene rings is 1. The van der Waals surface area contributed by atoms with E-state index in [1.807, 2.05) is 0 Å². The highest BCUT2D eigenvalue weighted by Gasteiger charge is 2.30. The van der Waals surface area contributed by atoms with Gasteiger partial charge in [-0.3, -0.25) is 9.79 Å². The van der Waals surface area contributed by atoms with Gasteiger partial charge in [0.05, 0.1) is 12.1 Å². The summed E-state index contributed by atoms with van der Waals surface area (Å²) < 4.78 is 0. The summed E-state index contributed by atoms with van der Waals surface area (Å²) in [5.41, 5.74) is 0.601. The van der Waals surface area contributed by atoms with Crippen molar-refractivity contribution in [3.05, 3.63) is 29.8 Å². The fourth-order valence-electron chi connectivity index (χ4n) is 2.81. The van der Waals surface area contributed by atoms with Crippen molar-refractivity contribution < 1.29 is 9.90 Å². The Hall–Kier alpha value is -2.24. The van der Waals surface area contributed by atoms with Gasteiger partial charge in [-0.25, -0.2) is 0 Å². The van der Waals surface area contributed by atoms with E-state index in [-0.39, 0.29) is 17.2 Å². The second kappa shape index (κ2) is 8.04. The van der Waals surface area contributed by atoms with Gasteiger partial charge in [-0.15, -0.1) is 0 Å². The third-order valence-electron chi connectivity index (χ3n) is 4.12. The highest BCUT2D eigenvalue weighted by Crippen LogP contribution is 2.28. The molecule has 0 bridgehead atoms. The Kier molecular flexibility index (Phi) is 6.06. The first kappa shape index (κ1) is 18.1. The highest BCUT2D eigenvalue weighted by atomic mass is 16.3. The molecule has 1 aliphatic rings. The quantitative estimate of drug-likeness (QED) is 0.437. The predicted molar refractivity (Wildman–Crippen MR) is 96.4 cm³/mol. The van der Waals surface area contributed by atoms with Crippen molar-refractivity contribution >= 4 is 11.9 Å². The molecule has 0 atom stereocenters. The first-order chi connectivity index (χ1) is 11.4. The van der Waals surface area contributed by atoms with Crippen LogP contribution in [0.25, 0.3) is 0 Å². The van der Waals surface area contributed by atoms with Crippen LogP contribution in [0.4, 0.5) is 0 Å². The smallest absolute Gasteiger partial charge is 0.255 e. The first-order valence-electron chi connectivity index (χ1n) is 8.52. The zero-order valence-corrected chi connectivity index (χ0v) is 14.8. The molecule has 6 heteroatoms. The second-order valence-corrected chi connectivity index (χ2v) is 6.84. The SMILES string of the molecule is CCNC(=NCCNC(=O)c1ccccc1O)N1CCC(C)(C)C1. The molecule has 2 rings (SSSR count). The molecule has 132 valence electrons. The van der Waals surface area contributed by atoms with E-state index in [2.05, 4.69) is 41.3 Å². The van der Waals surface area contributed by atoms with E-state index in [4.69, 9.17) is 0 Å². The summed E-state index contributed by atoms with van der Waals surface area (Å²) in [6, 6.07) is 6.53. The van der Waals surface area contributed by atoms with Crippen LogP contribution < -0.4 is 10.6 Å². The molecule has 0 radical (unpaired) electrons. The molecule has 1 aliphatic heterocycles. The number of likely N-dealkylation sites (tertiary alicyclic amines) is 1. The molecule has 1 heterocycles. The molecule has 1 fully saturated rings. The molecule has 1 amide bonds. The van der Waals surface area contributed by atoms with Gasteiger partial charge in [0.2, 0.25) is 0 Å². The Morgan fingerprint density at radius 1 is 1.33 bits per heavy atom. The first-order valence-corrected chi connectivity index (χ1v) is 8.52. The van der Waals surface area contributed by atoms with Crippen LogP contribution in [0.3, 0.4) is 0 Å². The number of amides is 1. The predicted octanol–water partition coefficient (Wildman–Crippen LogP) is 1.82. The van der Waals surface area contributed by atoms with E-state index >= 15 is 0 Å². The van der Waals surface area contributed by atoms with Crippen molar-refractivity contribution in [1.29, 1.82) is 0 Å². The van der Waals surface area contributed by atoms with Gasteiger partial charge in [-0.1, -0.05) is 26.0 Å². The minimum Gasteiger partial charge on any atom is -0.507 e. The Morgan fingerprint density at radius 2 is 2.08 bits per heavy atom. The van der Waals surface area contributed by atoms with Gasteiger partial charge in [0.1, 0.15) is 5.75 Å². The molecule has 1 saturated heterocycles. The molecule has 24 heavy (non-hydrogen) atoms. The number of carbonyl (C=O) groups is 1. The van der Waals surface area contributed by atoms with Crippen molar-refractivity contribution in [3.8, 4) is 5.75 Å². The molecule has 3 N–H and O–H groups in total. The zero-order valence-electron chi connectivity index (χ0n) is 14.8. The molecule has 6 nitrogen and oxygen atoms in total. The number of nitrogens with zero attached hydrogens (tertiary/aromatic N) is 2. The molecular formula is C18H28N4O2. The third-order valence-corrected chi connectivity index (χ3v) is 4.12. The number of phenolic OH excluding ortho intramolecular Hbond substituents is 1. The maximum absolute atomic E-state index is 12.0. The van der Waals surface area contributed by atoms with Crippen LogP contribution >= 0.6 is 0 Å². The van der Waals surface area contributed by atoms with Gasteiger partial charge in [-0.2, -0.15) is 0 Å². The van der Waals surface area contributed by atoms with Crippen molar-refractivity contribution in [2.75, 3.05) is 32.7 Å². The van der Waals surface area contributed by atoms with Crippen LogP contribution in [0.1, 0.15) is 37.6 Å². The summed E-state index contributed by atoms with van der Waals surface area (Å²) in [4.78, 5) is 18.9. The lowest BCUT2D eigenvalue weighted by Gasteiger charge is -2.23. The van der Waals surface area contributed by atoms with E-state index in [1.54, 1.807) is 18.2 Å². The number of phenols is 1. The number of hydrogen-bond acceptors (Lipinski definition) is 3. The molecule has 0 saturated carbocycles. The lowest BCUT2D eigenvalue weighted by atomic mass is 9.93. The van der Waals surface area contributed by atoms with Gasteiger partial charge in [0, 0.05) is 26.2 Å². The molecule has 0 aliphatic carbocycles. The van der Waals surface area contributed by atoms with Crippen molar-refractivity contribution in [3.63, 3.8) is 0 Å². The fourth-order valence-corrected chi connectivity index (χ4v) is 2.81. The van der Waals surface area contributed by atoms with Crippen LogP contribution in [0, 0.1) is 5.41 Å². The number of nitrogens with one attached hydrogen (secondary N) is 2. The van der Waals surface area contributed by atoms with Crippen LogP contribution in [0.5, 0.6) is 5.75 Å². The number of aromatic hydroxyl groups is 1. The average molecular weight is 332 g/mol. The summed E-state index contributed by atoms with van der Waals surface area (Å²) in [6.45, 7) is 10.3. The summed E-state index contributed by atoms with van der Waals surface area (Å²) in [5.74, 6) is 0.613. The van der Waals surface area contributed by atoms with Gasteiger partial charge in [0.25, 0.3) is 5.91 Å². The normalized spacial score (nSPS) is 17.0. The van der Waals surface area contributed by atoms with Crippen molar-refractivity contribution in [2.24, 2.45) is 10.4 Å². The summed E-state index contributed by atoms with van der Waals surface area (Å²) in [7, 11) is 0. The highest BCUT2D eigenvalue weighted by molar-refractivity contribution is 5.96. The number of para-hydroxylation sites is 1. The van der Waals surface area contributed by atoms with Crippen molar-refractivity contribution in [2.45, 2.75) is 27.2 Å². The second-order valence-electron chi connectivity index (χ2n) is 6.84. The Balaban J connectivity index is 1.86. The Labute approximate surface area is 144 Å². The summed E-state index contributed by atoms with van der Waals surface area (Å²) >= 11 is 0. The van der Waals surface area contributed by atoms with E-state index in [9.17, 15) is 9.90 Å². The summed E-state index contributed by atoms with van der Waals surface area (Å²) in [5, 5.41) is 15.8. The van der Waals surface area contributed by atoms with Crippen LogP contribution in [0.2, 0.25) is 0 Å². The maximum atomic E-state index is 12.0. The van der Waals surface area contributed by atoms with Crippen molar-refractivity contribution in [1.82, 2.24) is 15.5 Å². The van der Waals surface area contributed by atoms with Crippen LogP contribution in [-0.4, -0.2) is 54.6 Å². The van der Waals surface area contributed by atoms with Gasteiger partial charge < -0.3 is 20.6 Å². The number of carbonyl (C=O) groups excluding carboxylic acids is 1. The number of rotatable bonds is 5. The van der Waals surface area contributed by atoms with Crippen LogP contribution in [0.15, 0.2) is 29.3 Å². The summed E-state index contributed by atoms with van der Waals surface area (Å²) in [6.07, 6.45) is 1.15. The topological polar surface area (TPSA) is 77.0 Å². The maximum Gasteiger partial charge on any atom is 0.255 e. The largest absolute Gasteiger partial charge is 0.507 e. The standard InChI is InChI=1S/C18H28N4O2/c1-4-19-17(22-12-9-18(2,3)13-22)21-11-10-20-16(24)14-7-5-6-8-15(14)23/h5-8,23H,4,9-13H2,1-3H3,(H,19,21)(H,20,24). The number of guanidine groups is 1. The number of aliphatic imine (C=N–C) groups is 1. The number of hydrogen-bond donors (Lipinski definition) is 3. The lowest BCUT2D eigenvalue weighted by Crippen LogP contribution is -2.41. The molecular weight excluding hydrogens is 304 g/mol. The minimum absolute atomic E-state index is 0.00821. The zero-order chi connectivity index (χ0) is 17.6. The molecule has 0 unspecified atom stereocenters. The lowest BCUT2D eigenvalue weighted by molar-refractivity contribution is 0.0952. The fraction of sp³-hybridized carbons (Fsp3) is 0.556. The van der Waals surface area contributed by atoms with Gasteiger partial charge in [0.15, 0.2) is 5.96 Å². The minimum atomic E-state index is -0.282. The third kappa shape index (κ3) is 4.88. The van der Waals surface area contributed by atoms with Gasteiger partial charge in [-0.05, 0) is 30.9 Å². The van der Waals surface area contributed by atoms with Gasteiger partial charge >= 0.3 is 0 Å². The molecule has 0 spiro atoms. The van der Waals surface area contributed by atoms with E-state index in [1.165, 1.54) is 6.07 Å². The van der Waals surface area contributed by atoms with E-state index in [0.717, 1.165) is 32.0 Å². The average Bonchev–Trinajstić information content (AvgIpc) is 2.90. The van der Waals surface area contributed by atoms with E-state index < -0.39 is 0 Å². The Morgan fingerprint density at radius 3 is 2.71 bits per heavy atom.